The van der Waals surface area contributed by atoms with Crippen molar-refractivity contribution in [2.75, 3.05) is 13.2 Å². The first-order valence-corrected chi connectivity index (χ1v) is 8.54. The molecule has 2 N–H and O–H groups in total. The van der Waals surface area contributed by atoms with Crippen LogP contribution in [0, 0.1) is 0 Å². The fourth-order valence-electron chi connectivity index (χ4n) is 2.53. The summed E-state index contributed by atoms with van der Waals surface area (Å²) in [6.45, 7) is 5.19. The lowest BCUT2D eigenvalue weighted by Crippen LogP contribution is -2.55. The summed E-state index contributed by atoms with van der Waals surface area (Å²) in [7, 11) is 0. The molecule has 3 atom stereocenters. The molecule has 3 rings (SSSR count). The van der Waals surface area contributed by atoms with Crippen LogP contribution in [-0.4, -0.2) is 41.2 Å². The number of aromatic nitrogens is 2. The molecule has 0 radical (unpaired) electrons. The molecule has 1 fully saturated rings. The highest BCUT2D eigenvalue weighted by molar-refractivity contribution is 7.10. The van der Waals surface area contributed by atoms with Gasteiger partial charge in [0.2, 0.25) is 5.91 Å². The minimum atomic E-state index is -0.314. The molecule has 0 bridgehead atoms. The average molecular weight is 332 g/mol. The monoisotopic (exact) mass is 332 g/mol. The van der Waals surface area contributed by atoms with E-state index in [-0.39, 0.29) is 24.1 Å². The second-order valence-electron chi connectivity index (χ2n) is 5.54. The number of thiazole rings is 1. The smallest absolute Gasteiger partial charge is 0.240 e. The van der Waals surface area contributed by atoms with E-state index in [9.17, 15) is 4.79 Å². The molecule has 1 aliphatic heterocycles. The van der Waals surface area contributed by atoms with Crippen molar-refractivity contribution in [1.82, 2.24) is 20.6 Å². The van der Waals surface area contributed by atoms with E-state index >= 15 is 0 Å². The van der Waals surface area contributed by atoms with Crippen molar-refractivity contribution in [1.29, 1.82) is 0 Å². The van der Waals surface area contributed by atoms with Crippen molar-refractivity contribution in [3.05, 3.63) is 34.9 Å². The Morgan fingerprint density at radius 3 is 3.00 bits per heavy atom. The number of morpholine rings is 1. The van der Waals surface area contributed by atoms with Gasteiger partial charge in [0, 0.05) is 29.9 Å². The zero-order valence-electron chi connectivity index (χ0n) is 13.2. The third-order valence-corrected chi connectivity index (χ3v) is 4.85. The van der Waals surface area contributed by atoms with Crippen LogP contribution < -0.4 is 10.6 Å². The van der Waals surface area contributed by atoms with Crippen molar-refractivity contribution in [3.8, 4) is 11.3 Å². The van der Waals surface area contributed by atoms with Crippen LogP contribution in [0.1, 0.15) is 24.9 Å². The van der Waals surface area contributed by atoms with Crippen LogP contribution in [0.2, 0.25) is 0 Å². The Balaban J connectivity index is 1.65. The minimum absolute atomic E-state index is 0.0506. The highest BCUT2D eigenvalue weighted by Gasteiger charge is 2.29. The number of rotatable bonds is 4. The van der Waals surface area contributed by atoms with Gasteiger partial charge in [0.1, 0.15) is 11.0 Å². The Morgan fingerprint density at radius 2 is 2.26 bits per heavy atom. The Morgan fingerprint density at radius 1 is 1.48 bits per heavy atom. The Hall–Kier alpha value is -1.83. The van der Waals surface area contributed by atoms with Crippen molar-refractivity contribution in [3.63, 3.8) is 0 Å². The predicted octanol–water partition coefficient (Wildman–Crippen LogP) is 1.76. The van der Waals surface area contributed by atoms with Gasteiger partial charge in [-0.3, -0.25) is 9.78 Å². The number of hydrogen-bond acceptors (Lipinski definition) is 6. The number of nitrogens with zero attached hydrogens (tertiary/aromatic N) is 2. The van der Waals surface area contributed by atoms with Gasteiger partial charge < -0.3 is 15.4 Å². The zero-order chi connectivity index (χ0) is 16.2. The van der Waals surface area contributed by atoms with Gasteiger partial charge in [0.05, 0.1) is 24.4 Å². The van der Waals surface area contributed by atoms with E-state index < -0.39 is 0 Å². The number of hydrogen-bond donors (Lipinski definition) is 2. The molecular formula is C16H20N4O2S. The van der Waals surface area contributed by atoms with Crippen molar-refractivity contribution in [2.24, 2.45) is 0 Å². The minimum Gasteiger partial charge on any atom is -0.375 e. The molecule has 7 heteroatoms. The molecular weight excluding hydrogens is 312 g/mol. The molecule has 3 heterocycles. The van der Waals surface area contributed by atoms with Gasteiger partial charge in [-0.25, -0.2) is 4.98 Å². The first-order chi connectivity index (χ1) is 11.1. The number of ether oxygens (including phenoxy) is 1. The first-order valence-electron chi connectivity index (χ1n) is 7.66. The van der Waals surface area contributed by atoms with E-state index in [0.29, 0.717) is 13.2 Å². The Bertz CT molecular complexity index is 661. The molecule has 0 saturated carbocycles. The lowest BCUT2D eigenvalue weighted by molar-refractivity contribution is -0.129. The summed E-state index contributed by atoms with van der Waals surface area (Å²) in [4.78, 5) is 21.0. The highest BCUT2D eigenvalue weighted by atomic mass is 32.1. The van der Waals surface area contributed by atoms with Gasteiger partial charge in [-0.05, 0) is 26.0 Å². The van der Waals surface area contributed by atoms with Crippen LogP contribution in [0.25, 0.3) is 11.3 Å². The topological polar surface area (TPSA) is 76.1 Å². The molecule has 23 heavy (non-hydrogen) atoms. The van der Waals surface area contributed by atoms with Gasteiger partial charge in [0.25, 0.3) is 0 Å². The standard InChI is InChI=1S/C16H20N4O2S/c1-10(19-15(21)14-11(2)22-8-7-18-14)16-20-13(9-23-16)12-3-5-17-6-4-12/h3-6,9-11,14,18H,7-8H2,1-2H3,(H,19,21)/t10?,11-,14+/m1/s1. The molecule has 2 aromatic heterocycles. The summed E-state index contributed by atoms with van der Waals surface area (Å²) in [5.41, 5.74) is 1.93. The molecule has 1 saturated heterocycles. The van der Waals surface area contributed by atoms with Crippen LogP contribution in [0.15, 0.2) is 29.9 Å². The summed E-state index contributed by atoms with van der Waals surface area (Å²) in [5.74, 6) is -0.0506. The summed E-state index contributed by atoms with van der Waals surface area (Å²) in [5, 5.41) is 9.09. The van der Waals surface area contributed by atoms with E-state index in [4.69, 9.17) is 4.74 Å². The molecule has 0 aromatic carbocycles. The van der Waals surface area contributed by atoms with E-state index in [1.807, 2.05) is 31.4 Å². The molecule has 2 aromatic rings. The lowest BCUT2D eigenvalue weighted by atomic mass is 10.1. The van der Waals surface area contributed by atoms with E-state index in [2.05, 4.69) is 20.6 Å². The first kappa shape index (κ1) is 16.0. The van der Waals surface area contributed by atoms with Gasteiger partial charge >= 0.3 is 0 Å². The van der Waals surface area contributed by atoms with Crippen LogP contribution in [0.4, 0.5) is 0 Å². The molecule has 6 nitrogen and oxygen atoms in total. The Labute approximate surface area is 139 Å². The van der Waals surface area contributed by atoms with Crippen LogP contribution in [0.3, 0.4) is 0 Å². The third-order valence-electron chi connectivity index (χ3n) is 3.83. The number of nitrogens with one attached hydrogen (secondary N) is 2. The summed E-state index contributed by atoms with van der Waals surface area (Å²) in [6, 6.07) is 3.39. The van der Waals surface area contributed by atoms with Gasteiger partial charge in [0.15, 0.2) is 0 Å². The van der Waals surface area contributed by atoms with Crippen molar-refractivity contribution in [2.45, 2.75) is 32.0 Å². The molecule has 1 unspecified atom stereocenters. The van der Waals surface area contributed by atoms with E-state index in [1.165, 1.54) is 0 Å². The quantitative estimate of drug-likeness (QED) is 0.892. The predicted molar refractivity (Wildman–Crippen MR) is 89.1 cm³/mol. The van der Waals surface area contributed by atoms with E-state index in [0.717, 1.165) is 16.3 Å². The summed E-state index contributed by atoms with van der Waals surface area (Å²) in [6.07, 6.45) is 3.37. The number of amides is 1. The largest absolute Gasteiger partial charge is 0.375 e. The van der Waals surface area contributed by atoms with Gasteiger partial charge in [-0.2, -0.15) is 0 Å². The highest BCUT2D eigenvalue weighted by Crippen LogP contribution is 2.25. The number of carbonyl (C=O) groups is 1. The van der Waals surface area contributed by atoms with E-state index in [1.54, 1.807) is 23.7 Å². The van der Waals surface area contributed by atoms with Crippen LogP contribution >= 0.6 is 11.3 Å². The van der Waals surface area contributed by atoms with Gasteiger partial charge in [-0.1, -0.05) is 0 Å². The lowest BCUT2D eigenvalue weighted by Gasteiger charge is -2.30. The second kappa shape index (κ2) is 7.16. The molecule has 0 aliphatic carbocycles. The van der Waals surface area contributed by atoms with Crippen molar-refractivity contribution < 1.29 is 9.53 Å². The molecule has 1 amide bonds. The maximum atomic E-state index is 12.4. The van der Waals surface area contributed by atoms with Crippen LogP contribution in [0.5, 0.6) is 0 Å². The Kier molecular flexibility index (Phi) is 5.00. The summed E-state index contributed by atoms with van der Waals surface area (Å²) < 4.78 is 5.52. The average Bonchev–Trinajstić information content (AvgIpc) is 3.06. The summed E-state index contributed by atoms with van der Waals surface area (Å²) >= 11 is 1.54. The zero-order valence-corrected chi connectivity index (χ0v) is 14.0. The van der Waals surface area contributed by atoms with Crippen LogP contribution in [-0.2, 0) is 9.53 Å². The van der Waals surface area contributed by atoms with Gasteiger partial charge in [-0.15, -0.1) is 11.3 Å². The van der Waals surface area contributed by atoms with Crippen molar-refractivity contribution >= 4 is 17.2 Å². The SMILES string of the molecule is CC(NC(=O)[C@H]1NCCO[C@@H]1C)c1nc(-c2ccncc2)cs1. The third kappa shape index (κ3) is 3.74. The second-order valence-corrected chi connectivity index (χ2v) is 6.43. The molecule has 1 aliphatic rings. The number of pyridine rings is 1. The fourth-order valence-corrected chi connectivity index (χ4v) is 3.37. The maximum Gasteiger partial charge on any atom is 0.240 e. The fraction of sp³-hybridized carbons (Fsp3) is 0.438. The number of carbonyl (C=O) groups excluding carboxylic acids is 1. The molecule has 0 spiro atoms. The normalized spacial score (nSPS) is 22.5. The maximum absolute atomic E-state index is 12.4. The molecule has 122 valence electrons.